The van der Waals surface area contributed by atoms with Crippen LogP contribution in [0.1, 0.15) is 41.7 Å². The number of nitrogens with zero attached hydrogens (tertiary/aromatic N) is 2. The van der Waals surface area contributed by atoms with E-state index in [4.69, 9.17) is 9.26 Å². The molecule has 1 aliphatic carbocycles. The Morgan fingerprint density at radius 2 is 2.11 bits per heavy atom. The molecule has 1 aromatic carbocycles. The summed E-state index contributed by atoms with van der Waals surface area (Å²) in [7, 11) is 0. The smallest absolute Gasteiger partial charge is 0.256 e. The number of hydrogen-bond donors (Lipinski definition) is 1. The number of carbonyl (C=O) groups excluding carboxylic acids is 1. The van der Waals surface area contributed by atoms with Crippen LogP contribution in [0.2, 0.25) is 0 Å². The van der Waals surface area contributed by atoms with Gasteiger partial charge in [-0.05, 0) is 56.7 Å². The molecule has 1 amide bonds. The highest BCUT2D eigenvalue weighted by Gasteiger charge is 2.24. The predicted octanol–water partition coefficient (Wildman–Crippen LogP) is 4.04. The third-order valence-corrected chi connectivity index (χ3v) is 5.32. The number of benzene rings is 1. The van der Waals surface area contributed by atoms with Gasteiger partial charge >= 0.3 is 0 Å². The molecule has 1 N–H and O–H groups in total. The van der Waals surface area contributed by atoms with Crippen LogP contribution in [-0.2, 0) is 0 Å². The Morgan fingerprint density at radius 3 is 2.86 bits per heavy atom. The summed E-state index contributed by atoms with van der Waals surface area (Å²) in [5.74, 6) is 0.590. The van der Waals surface area contributed by atoms with Gasteiger partial charge in [-0.15, -0.1) is 0 Å². The van der Waals surface area contributed by atoms with Gasteiger partial charge in [-0.3, -0.25) is 9.78 Å². The van der Waals surface area contributed by atoms with E-state index in [1.807, 2.05) is 6.07 Å². The number of aromatic nitrogens is 2. The van der Waals surface area contributed by atoms with Gasteiger partial charge < -0.3 is 14.6 Å². The Bertz CT molecular complexity index is 980. The lowest BCUT2D eigenvalue weighted by molar-refractivity contribution is 0.0928. The molecule has 4 rings (SSSR count). The van der Waals surface area contributed by atoms with E-state index in [-0.39, 0.29) is 17.8 Å². The maximum Gasteiger partial charge on any atom is 0.256 e. The minimum Gasteiger partial charge on any atom is -0.490 e. The van der Waals surface area contributed by atoms with Gasteiger partial charge in [0.1, 0.15) is 28.9 Å². The third kappa shape index (κ3) is 3.83. The highest BCUT2D eigenvalue weighted by molar-refractivity contribution is 5.94. The SMILES string of the molecule is Cc1nocc1C(=O)NCC1CCC(Oc2ccnc3c(F)cccc23)CC1. The average Bonchev–Trinajstić information content (AvgIpc) is 3.14. The molecule has 0 aliphatic heterocycles. The van der Waals surface area contributed by atoms with Crippen molar-refractivity contribution in [1.82, 2.24) is 15.5 Å². The summed E-state index contributed by atoms with van der Waals surface area (Å²) in [5, 5.41) is 7.39. The number of halogens is 1. The number of rotatable bonds is 5. The number of fused-ring (bicyclic) bond motifs is 1. The van der Waals surface area contributed by atoms with Crippen molar-refractivity contribution in [3.63, 3.8) is 0 Å². The first kappa shape index (κ1) is 18.4. The van der Waals surface area contributed by atoms with Crippen LogP contribution in [0, 0.1) is 18.7 Å². The topological polar surface area (TPSA) is 77.2 Å². The summed E-state index contributed by atoms with van der Waals surface area (Å²) in [6, 6.07) is 6.69. The summed E-state index contributed by atoms with van der Waals surface area (Å²) >= 11 is 0. The summed E-state index contributed by atoms with van der Waals surface area (Å²) in [6.07, 6.45) is 6.75. The second-order valence-corrected chi connectivity index (χ2v) is 7.23. The van der Waals surface area contributed by atoms with E-state index in [1.165, 1.54) is 12.3 Å². The van der Waals surface area contributed by atoms with E-state index in [0.29, 0.717) is 40.4 Å². The minimum absolute atomic E-state index is 0.0844. The molecule has 0 atom stereocenters. The van der Waals surface area contributed by atoms with Crippen LogP contribution < -0.4 is 10.1 Å². The standard InChI is InChI=1S/C21H22FN3O3/c1-13-17(12-27-25-13)21(26)24-11-14-5-7-15(8-6-14)28-19-9-10-23-20-16(19)3-2-4-18(20)22/h2-4,9-10,12,14-15H,5-8,11H2,1H3,(H,24,26). The zero-order valence-corrected chi connectivity index (χ0v) is 15.7. The van der Waals surface area contributed by atoms with Crippen LogP contribution in [0.3, 0.4) is 0 Å². The number of hydrogen-bond acceptors (Lipinski definition) is 5. The second kappa shape index (κ2) is 7.96. The first-order chi connectivity index (χ1) is 13.6. The van der Waals surface area contributed by atoms with Crippen molar-refractivity contribution in [3.8, 4) is 5.75 Å². The number of pyridine rings is 1. The lowest BCUT2D eigenvalue weighted by Crippen LogP contribution is -2.33. The van der Waals surface area contributed by atoms with E-state index < -0.39 is 0 Å². The van der Waals surface area contributed by atoms with Gasteiger partial charge in [0.05, 0.1) is 11.8 Å². The van der Waals surface area contributed by atoms with Crippen LogP contribution in [0.5, 0.6) is 5.75 Å². The highest BCUT2D eigenvalue weighted by Crippen LogP contribution is 2.31. The summed E-state index contributed by atoms with van der Waals surface area (Å²) in [5.41, 5.74) is 1.41. The van der Waals surface area contributed by atoms with Crippen LogP contribution in [0.15, 0.2) is 41.2 Å². The number of ether oxygens (including phenoxy) is 1. The van der Waals surface area contributed by atoms with Crippen LogP contribution in [0.25, 0.3) is 10.9 Å². The van der Waals surface area contributed by atoms with Crippen molar-refractivity contribution in [3.05, 3.63) is 53.8 Å². The molecule has 2 heterocycles. The van der Waals surface area contributed by atoms with Gasteiger partial charge in [0.25, 0.3) is 5.91 Å². The predicted molar refractivity (Wildman–Crippen MR) is 102 cm³/mol. The highest BCUT2D eigenvalue weighted by atomic mass is 19.1. The van der Waals surface area contributed by atoms with Crippen molar-refractivity contribution < 1.29 is 18.4 Å². The molecule has 0 saturated heterocycles. The van der Waals surface area contributed by atoms with E-state index in [0.717, 1.165) is 25.7 Å². The van der Waals surface area contributed by atoms with Crippen molar-refractivity contribution in [1.29, 1.82) is 0 Å². The monoisotopic (exact) mass is 383 g/mol. The molecule has 6 nitrogen and oxygen atoms in total. The average molecular weight is 383 g/mol. The molecule has 28 heavy (non-hydrogen) atoms. The zero-order valence-electron chi connectivity index (χ0n) is 15.7. The fourth-order valence-corrected chi connectivity index (χ4v) is 3.69. The van der Waals surface area contributed by atoms with Crippen LogP contribution in [-0.4, -0.2) is 28.7 Å². The van der Waals surface area contributed by atoms with Crippen LogP contribution in [0.4, 0.5) is 4.39 Å². The molecule has 0 radical (unpaired) electrons. The molecule has 1 fully saturated rings. The maximum atomic E-state index is 13.9. The first-order valence-corrected chi connectivity index (χ1v) is 9.51. The van der Waals surface area contributed by atoms with Crippen molar-refractivity contribution in [2.45, 2.75) is 38.7 Å². The van der Waals surface area contributed by atoms with E-state index >= 15 is 0 Å². The lowest BCUT2D eigenvalue weighted by Gasteiger charge is -2.29. The molecule has 7 heteroatoms. The minimum atomic E-state index is -0.342. The molecule has 1 aliphatic rings. The molecule has 3 aromatic rings. The number of carbonyl (C=O) groups is 1. The summed E-state index contributed by atoms with van der Waals surface area (Å²) < 4.78 is 24.9. The first-order valence-electron chi connectivity index (χ1n) is 9.51. The molecule has 0 unspecified atom stereocenters. The molecular formula is C21H22FN3O3. The quantitative estimate of drug-likeness (QED) is 0.720. The van der Waals surface area contributed by atoms with Gasteiger partial charge in [-0.2, -0.15) is 0 Å². The number of para-hydroxylation sites is 1. The van der Waals surface area contributed by atoms with E-state index in [2.05, 4.69) is 15.5 Å². The molecule has 0 bridgehead atoms. The van der Waals surface area contributed by atoms with Gasteiger partial charge in [0.15, 0.2) is 0 Å². The fourth-order valence-electron chi connectivity index (χ4n) is 3.69. The number of amides is 1. The van der Waals surface area contributed by atoms with Crippen molar-refractivity contribution in [2.24, 2.45) is 5.92 Å². The van der Waals surface area contributed by atoms with Gasteiger partial charge in [0, 0.05) is 18.1 Å². The van der Waals surface area contributed by atoms with E-state index in [9.17, 15) is 9.18 Å². The van der Waals surface area contributed by atoms with Crippen molar-refractivity contribution in [2.75, 3.05) is 6.54 Å². The summed E-state index contributed by atoms with van der Waals surface area (Å²) in [6.45, 7) is 2.37. The normalized spacial score (nSPS) is 19.5. The number of nitrogens with one attached hydrogen (secondary N) is 1. The lowest BCUT2D eigenvalue weighted by atomic mass is 9.87. The molecule has 2 aromatic heterocycles. The fraction of sp³-hybridized carbons (Fsp3) is 0.381. The molecule has 0 spiro atoms. The Hall–Kier alpha value is -2.96. The molecule has 146 valence electrons. The zero-order chi connectivity index (χ0) is 19.5. The largest absolute Gasteiger partial charge is 0.490 e. The Balaban J connectivity index is 1.31. The van der Waals surface area contributed by atoms with Crippen LogP contribution >= 0.6 is 0 Å². The maximum absolute atomic E-state index is 13.9. The van der Waals surface area contributed by atoms with Gasteiger partial charge in [0.2, 0.25) is 0 Å². The van der Waals surface area contributed by atoms with Gasteiger partial charge in [-0.1, -0.05) is 11.2 Å². The molecule has 1 saturated carbocycles. The Morgan fingerprint density at radius 1 is 1.29 bits per heavy atom. The van der Waals surface area contributed by atoms with Gasteiger partial charge in [-0.25, -0.2) is 4.39 Å². The van der Waals surface area contributed by atoms with Crippen molar-refractivity contribution >= 4 is 16.8 Å². The third-order valence-electron chi connectivity index (χ3n) is 5.32. The second-order valence-electron chi connectivity index (χ2n) is 7.23. The summed E-state index contributed by atoms with van der Waals surface area (Å²) in [4.78, 5) is 16.3. The molecular weight excluding hydrogens is 361 g/mol. The Labute approximate surface area is 162 Å². The Kier molecular flexibility index (Phi) is 5.23. The van der Waals surface area contributed by atoms with E-state index in [1.54, 1.807) is 25.3 Å². The number of aryl methyl sites for hydroxylation is 1.